The van der Waals surface area contributed by atoms with Gasteiger partial charge in [-0.05, 0) is 37.6 Å². The summed E-state index contributed by atoms with van der Waals surface area (Å²) in [7, 11) is 4.79. The van der Waals surface area contributed by atoms with E-state index < -0.39 is 11.6 Å². The van der Waals surface area contributed by atoms with Gasteiger partial charge in [0.1, 0.15) is 11.6 Å². The van der Waals surface area contributed by atoms with Crippen molar-refractivity contribution in [2.24, 2.45) is 0 Å². The van der Waals surface area contributed by atoms with Gasteiger partial charge < -0.3 is 14.2 Å². The Kier molecular flexibility index (Phi) is 6.60. The molecule has 1 aliphatic heterocycles. The van der Waals surface area contributed by atoms with Crippen LogP contribution in [0.1, 0.15) is 30.0 Å². The number of halogens is 2. The molecule has 6 nitrogen and oxygen atoms in total. The zero-order valence-corrected chi connectivity index (χ0v) is 18.5. The molecule has 1 N–H and O–H groups in total. The van der Waals surface area contributed by atoms with E-state index in [0.717, 1.165) is 37.2 Å². The number of methoxy groups -OCH3 is 3. The highest BCUT2D eigenvalue weighted by molar-refractivity contribution is 5.67. The molecular weight excluding hydrogens is 416 g/mol. The third-order valence-electron chi connectivity index (χ3n) is 5.99. The summed E-state index contributed by atoms with van der Waals surface area (Å²) in [5, 5.41) is 7.10. The molecule has 8 heteroatoms. The minimum absolute atomic E-state index is 0.0325. The lowest BCUT2D eigenvalue weighted by molar-refractivity contribution is 0.195. The van der Waals surface area contributed by atoms with E-state index in [4.69, 9.17) is 14.2 Å². The van der Waals surface area contributed by atoms with Crippen molar-refractivity contribution in [3.63, 3.8) is 0 Å². The average Bonchev–Trinajstić information content (AvgIpc) is 3.28. The largest absolute Gasteiger partial charge is 0.493 e. The van der Waals surface area contributed by atoms with Gasteiger partial charge in [-0.15, -0.1) is 0 Å². The number of benzene rings is 2. The number of H-pyrrole nitrogens is 1. The van der Waals surface area contributed by atoms with Crippen molar-refractivity contribution >= 4 is 0 Å². The van der Waals surface area contributed by atoms with Crippen molar-refractivity contribution in [2.75, 3.05) is 34.4 Å². The van der Waals surface area contributed by atoms with Gasteiger partial charge in [0.2, 0.25) is 5.75 Å². The smallest absolute Gasteiger partial charge is 0.203 e. The number of nitrogens with zero attached hydrogens (tertiary/aromatic N) is 2. The van der Waals surface area contributed by atoms with Crippen LogP contribution in [0.3, 0.4) is 0 Å². The van der Waals surface area contributed by atoms with E-state index in [1.165, 1.54) is 24.4 Å². The normalized spacial score (nSPS) is 16.7. The topological polar surface area (TPSA) is 59.6 Å². The van der Waals surface area contributed by atoms with Gasteiger partial charge in [-0.1, -0.05) is 12.1 Å². The van der Waals surface area contributed by atoms with E-state index >= 15 is 0 Å². The van der Waals surface area contributed by atoms with Gasteiger partial charge in [0.25, 0.3) is 0 Å². The predicted octanol–water partition coefficient (Wildman–Crippen LogP) is 4.76. The second-order valence-electron chi connectivity index (χ2n) is 7.86. The third kappa shape index (κ3) is 4.14. The van der Waals surface area contributed by atoms with Crippen LogP contribution >= 0.6 is 0 Å². The summed E-state index contributed by atoms with van der Waals surface area (Å²) in [4.78, 5) is 2.31. The summed E-state index contributed by atoms with van der Waals surface area (Å²) in [5.74, 6) is 0.715. The standard InChI is InChI=1S/C24H27F2N3O3/c1-30-20-10-9-16(23(31-2)24(20)32-3)14-29-11-5-6-15(13-29)22-17(12-27-28-22)21-18(25)7-4-8-19(21)26/h4,7-10,12,15H,5-6,11,13-14H2,1-3H3,(H,27,28). The maximum atomic E-state index is 14.4. The molecule has 0 bridgehead atoms. The van der Waals surface area contributed by atoms with Gasteiger partial charge in [-0.2, -0.15) is 5.10 Å². The van der Waals surface area contributed by atoms with Crippen LogP contribution in [-0.2, 0) is 6.54 Å². The first-order valence-corrected chi connectivity index (χ1v) is 10.5. The van der Waals surface area contributed by atoms with E-state index in [9.17, 15) is 8.78 Å². The third-order valence-corrected chi connectivity index (χ3v) is 5.99. The molecule has 1 unspecified atom stereocenters. The lowest BCUT2D eigenvalue weighted by Crippen LogP contribution is -2.34. The molecule has 1 fully saturated rings. The monoisotopic (exact) mass is 443 g/mol. The number of nitrogens with one attached hydrogen (secondary N) is 1. The maximum absolute atomic E-state index is 14.4. The fourth-order valence-corrected chi connectivity index (χ4v) is 4.53. The molecule has 4 rings (SSSR count). The number of aromatic nitrogens is 2. The summed E-state index contributed by atoms with van der Waals surface area (Å²) in [6, 6.07) is 7.75. The molecule has 1 aliphatic rings. The van der Waals surface area contributed by atoms with Crippen LogP contribution in [0.25, 0.3) is 11.1 Å². The Bertz CT molecular complexity index is 1070. The van der Waals surface area contributed by atoms with Crippen LogP contribution in [0.4, 0.5) is 8.78 Å². The maximum Gasteiger partial charge on any atom is 0.203 e. The zero-order chi connectivity index (χ0) is 22.7. The van der Waals surface area contributed by atoms with Crippen molar-refractivity contribution in [1.82, 2.24) is 15.1 Å². The molecule has 170 valence electrons. The number of likely N-dealkylation sites (tertiary alicyclic amines) is 1. The lowest BCUT2D eigenvalue weighted by Gasteiger charge is -2.33. The van der Waals surface area contributed by atoms with Gasteiger partial charge in [0.05, 0.1) is 33.1 Å². The summed E-state index contributed by atoms with van der Waals surface area (Å²) >= 11 is 0. The number of hydrogen-bond donors (Lipinski definition) is 1. The molecule has 0 saturated carbocycles. The van der Waals surface area contributed by atoms with Crippen LogP contribution in [0, 0.1) is 11.6 Å². The van der Waals surface area contributed by atoms with Crippen LogP contribution in [-0.4, -0.2) is 49.5 Å². The number of hydrogen-bond acceptors (Lipinski definition) is 5. The fraction of sp³-hybridized carbons (Fsp3) is 0.375. The van der Waals surface area contributed by atoms with Gasteiger partial charge in [0, 0.05) is 35.8 Å². The Balaban J connectivity index is 1.58. The molecule has 1 saturated heterocycles. The minimum atomic E-state index is -0.588. The highest BCUT2D eigenvalue weighted by Crippen LogP contribution is 2.41. The van der Waals surface area contributed by atoms with Crippen LogP contribution in [0.15, 0.2) is 36.5 Å². The quantitative estimate of drug-likeness (QED) is 0.571. The molecule has 1 aromatic heterocycles. The van der Waals surface area contributed by atoms with E-state index in [0.29, 0.717) is 29.4 Å². The summed E-state index contributed by atoms with van der Waals surface area (Å²) in [6.45, 7) is 2.28. The number of ether oxygens (including phenoxy) is 3. The van der Waals surface area contributed by atoms with Crippen LogP contribution in [0.2, 0.25) is 0 Å². The zero-order valence-electron chi connectivity index (χ0n) is 18.5. The second-order valence-corrected chi connectivity index (χ2v) is 7.86. The molecule has 0 amide bonds. The van der Waals surface area contributed by atoms with E-state index in [-0.39, 0.29) is 11.5 Å². The first kappa shape index (κ1) is 22.1. The lowest BCUT2D eigenvalue weighted by atomic mass is 9.90. The van der Waals surface area contributed by atoms with Crippen LogP contribution in [0.5, 0.6) is 17.2 Å². The van der Waals surface area contributed by atoms with Gasteiger partial charge in [0.15, 0.2) is 11.5 Å². The van der Waals surface area contributed by atoms with E-state index in [1.807, 2.05) is 12.1 Å². The second kappa shape index (κ2) is 9.56. The molecule has 2 aromatic carbocycles. The van der Waals surface area contributed by atoms with Crippen LogP contribution < -0.4 is 14.2 Å². The SMILES string of the molecule is COc1ccc(CN2CCCC(c3[nH]ncc3-c3c(F)cccc3F)C2)c(OC)c1OC. The first-order chi connectivity index (χ1) is 15.6. The highest BCUT2D eigenvalue weighted by atomic mass is 19.1. The molecule has 3 aromatic rings. The van der Waals surface area contributed by atoms with Crippen molar-refractivity contribution in [3.05, 3.63) is 59.4 Å². The average molecular weight is 443 g/mol. The Hall–Kier alpha value is -3.13. The predicted molar refractivity (Wildman–Crippen MR) is 117 cm³/mol. The van der Waals surface area contributed by atoms with Crippen molar-refractivity contribution in [1.29, 1.82) is 0 Å². The molecule has 0 spiro atoms. The molecule has 0 radical (unpaired) electrons. The summed E-state index contributed by atoms with van der Waals surface area (Å²) in [5.41, 5.74) is 2.19. The number of aromatic amines is 1. The summed E-state index contributed by atoms with van der Waals surface area (Å²) in [6.07, 6.45) is 3.37. The first-order valence-electron chi connectivity index (χ1n) is 10.5. The Morgan fingerprint density at radius 2 is 1.78 bits per heavy atom. The van der Waals surface area contributed by atoms with E-state index in [2.05, 4.69) is 15.1 Å². The van der Waals surface area contributed by atoms with Crippen molar-refractivity contribution in [2.45, 2.75) is 25.3 Å². The summed E-state index contributed by atoms with van der Waals surface area (Å²) < 4.78 is 45.3. The van der Waals surface area contributed by atoms with E-state index in [1.54, 1.807) is 21.3 Å². The number of piperidine rings is 1. The van der Waals surface area contributed by atoms with Crippen molar-refractivity contribution < 1.29 is 23.0 Å². The van der Waals surface area contributed by atoms with Gasteiger partial charge in [-0.25, -0.2) is 8.78 Å². The number of rotatable bonds is 7. The van der Waals surface area contributed by atoms with Crippen molar-refractivity contribution in [3.8, 4) is 28.4 Å². The Morgan fingerprint density at radius 1 is 1.03 bits per heavy atom. The van der Waals surface area contributed by atoms with Gasteiger partial charge >= 0.3 is 0 Å². The Labute approximate surface area is 186 Å². The molecule has 0 aliphatic carbocycles. The minimum Gasteiger partial charge on any atom is -0.493 e. The molecular formula is C24H27F2N3O3. The Morgan fingerprint density at radius 3 is 2.47 bits per heavy atom. The molecule has 2 heterocycles. The van der Waals surface area contributed by atoms with Gasteiger partial charge in [-0.3, -0.25) is 10.00 Å². The molecule has 1 atom stereocenters. The highest BCUT2D eigenvalue weighted by Gasteiger charge is 2.28. The molecule has 32 heavy (non-hydrogen) atoms. The fourth-order valence-electron chi connectivity index (χ4n) is 4.53.